The summed E-state index contributed by atoms with van der Waals surface area (Å²) in [7, 11) is 1.56. The maximum Gasteiger partial charge on any atom is 0.416 e. The zero-order valence-electron chi connectivity index (χ0n) is 29.8. The predicted octanol–water partition coefficient (Wildman–Crippen LogP) is 10.5. The second-order valence-corrected chi connectivity index (χ2v) is 15.6. The maximum atomic E-state index is 13.7. The summed E-state index contributed by atoms with van der Waals surface area (Å²) >= 11 is 0. The van der Waals surface area contributed by atoms with Gasteiger partial charge in [-0.25, -0.2) is 9.59 Å². The number of hydrogen-bond acceptors (Lipinski definition) is 4. The van der Waals surface area contributed by atoms with Crippen LogP contribution in [0, 0.1) is 10.8 Å². The van der Waals surface area contributed by atoms with Crippen molar-refractivity contribution in [3.05, 3.63) is 75.9 Å². The number of allylic oxidation sites excluding steroid dienone is 1. The summed E-state index contributed by atoms with van der Waals surface area (Å²) < 4.78 is 93.2. The number of carbonyl (C=O) groups excluding carboxylic acids is 1. The number of methoxy groups -OCH3 is 1. The third-order valence-electron chi connectivity index (χ3n) is 10.2. The second kappa shape index (κ2) is 13.4. The molecule has 3 aliphatic rings. The number of benzene rings is 2. The summed E-state index contributed by atoms with van der Waals surface area (Å²) in [6.07, 6.45) is -8.74. The number of carboxylic acid groups (broad SMARTS) is 1. The molecule has 278 valence electrons. The highest BCUT2D eigenvalue weighted by Gasteiger charge is 2.44. The van der Waals surface area contributed by atoms with Crippen LogP contribution in [0.2, 0.25) is 0 Å². The summed E-state index contributed by atoms with van der Waals surface area (Å²) in [5, 5.41) is 9.85. The highest BCUT2D eigenvalue weighted by Crippen LogP contribution is 2.47. The molecule has 2 aromatic carbocycles. The molecule has 7 nitrogen and oxygen atoms in total. The molecule has 0 spiro atoms. The molecule has 13 heteroatoms. The van der Waals surface area contributed by atoms with Crippen molar-refractivity contribution < 1.29 is 50.5 Å². The van der Waals surface area contributed by atoms with Crippen LogP contribution in [-0.2, 0) is 17.1 Å². The van der Waals surface area contributed by atoms with E-state index in [9.17, 15) is 41.0 Å². The molecule has 0 bridgehead atoms. The van der Waals surface area contributed by atoms with E-state index >= 15 is 0 Å². The lowest BCUT2D eigenvalue weighted by Crippen LogP contribution is -2.48. The maximum absolute atomic E-state index is 13.7. The van der Waals surface area contributed by atoms with E-state index in [4.69, 9.17) is 9.47 Å². The highest BCUT2D eigenvalue weighted by molar-refractivity contribution is 5.80. The van der Waals surface area contributed by atoms with Gasteiger partial charge in [0, 0.05) is 18.7 Å². The van der Waals surface area contributed by atoms with E-state index in [1.165, 1.54) is 9.80 Å². The lowest BCUT2D eigenvalue weighted by Gasteiger charge is -2.40. The molecule has 0 radical (unpaired) electrons. The molecule has 1 saturated heterocycles. The largest absolute Gasteiger partial charge is 0.496 e. The van der Waals surface area contributed by atoms with Crippen LogP contribution in [0.5, 0.6) is 5.75 Å². The van der Waals surface area contributed by atoms with Crippen molar-refractivity contribution >= 4 is 23.3 Å². The van der Waals surface area contributed by atoms with Crippen LogP contribution >= 0.6 is 0 Å². The molecule has 51 heavy (non-hydrogen) atoms. The third kappa shape index (κ3) is 8.02. The Morgan fingerprint density at radius 3 is 2.18 bits per heavy atom. The first-order chi connectivity index (χ1) is 23.5. The van der Waals surface area contributed by atoms with Crippen molar-refractivity contribution in [3.63, 3.8) is 0 Å². The second-order valence-electron chi connectivity index (χ2n) is 15.6. The van der Waals surface area contributed by atoms with Gasteiger partial charge in [-0.3, -0.25) is 4.90 Å². The van der Waals surface area contributed by atoms with Gasteiger partial charge < -0.3 is 19.5 Å². The van der Waals surface area contributed by atoms with E-state index in [1.807, 2.05) is 45.0 Å². The van der Waals surface area contributed by atoms with Gasteiger partial charge in [0.05, 0.1) is 30.3 Å². The van der Waals surface area contributed by atoms with Crippen molar-refractivity contribution in [2.45, 2.75) is 97.8 Å². The number of halogens is 6. The van der Waals surface area contributed by atoms with Crippen molar-refractivity contribution in [3.8, 4) is 5.75 Å². The van der Waals surface area contributed by atoms with Crippen LogP contribution in [0.3, 0.4) is 0 Å². The molecule has 3 atom stereocenters. The van der Waals surface area contributed by atoms with Crippen LogP contribution in [0.25, 0.3) is 11.1 Å². The first kappa shape index (κ1) is 38.1. The Kier molecular flexibility index (Phi) is 10.0. The molecule has 1 aliphatic carbocycles. The average molecular weight is 723 g/mol. The Hall–Kier alpha value is -4.16. The third-order valence-corrected chi connectivity index (χ3v) is 10.2. The Bertz CT molecular complexity index is 1720. The van der Waals surface area contributed by atoms with E-state index in [0.717, 1.165) is 34.3 Å². The van der Waals surface area contributed by atoms with Crippen LogP contribution in [0.1, 0.15) is 101 Å². The minimum Gasteiger partial charge on any atom is -0.496 e. The summed E-state index contributed by atoms with van der Waals surface area (Å²) in [5.74, 6) is 0.598. The average Bonchev–Trinajstić information content (AvgIpc) is 3.31. The molecule has 2 heterocycles. The van der Waals surface area contributed by atoms with Gasteiger partial charge in [-0.1, -0.05) is 46.8 Å². The fourth-order valence-electron chi connectivity index (χ4n) is 7.46. The van der Waals surface area contributed by atoms with E-state index in [2.05, 4.69) is 13.8 Å². The van der Waals surface area contributed by atoms with Crippen LogP contribution < -0.4 is 4.74 Å². The van der Waals surface area contributed by atoms with Crippen molar-refractivity contribution in [2.75, 3.05) is 20.2 Å². The Labute approximate surface area is 293 Å². The minimum absolute atomic E-state index is 0.0517. The summed E-state index contributed by atoms with van der Waals surface area (Å²) in [5.41, 5.74) is 0.669. The van der Waals surface area contributed by atoms with Crippen molar-refractivity contribution in [2.24, 2.45) is 10.8 Å². The number of alkyl halides is 6. The monoisotopic (exact) mass is 722 g/mol. The van der Waals surface area contributed by atoms with E-state index in [-0.39, 0.29) is 35.0 Å². The quantitative estimate of drug-likeness (QED) is 0.300. The Balaban J connectivity index is 1.54. The molecule has 0 saturated carbocycles. The number of hydrogen-bond donors (Lipinski definition) is 1. The van der Waals surface area contributed by atoms with Gasteiger partial charge in [0.1, 0.15) is 11.9 Å². The first-order valence-corrected chi connectivity index (χ1v) is 16.9. The number of cyclic esters (lactones) is 1. The van der Waals surface area contributed by atoms with Gasteiger partial charge in [0.15, 0.2) is 0 Å². The number of nitrogens with zero attached hydrogens (tertiary/aromatic N) is 2. The standard InChI is InChI=1S/C38H44F6N2O5/c1-21-32(24-14-26(37(39,40)41)18-27(15-24)38(42,43)44)51-34(49)46(21)20-25-19-36(5,6)12-10-28(25)29-16-22(8-9-30(29)50-7)23-11-13-45(33(47)48)31(17-23)35(2,3)4/h8-9,14-18,21,31-32H,10-13,19-20H2,1-7H3,(H,47,48)/t21-,31?,32-/m0/s1. The zero-order chi connectivity index (χ0) is 37.8. The molecule has 2 aliphatic heterocycles. The number of rotatable bonds is 6. The first-order valence-electron chi connectivity index (χ1n) is 16.9. The minimum atomic E-state index is -5.04. The van der Waals surface area contributed by atoms with E-state index in [1.54, 1.807) is 14.0 Å². The van der Waals surface area contributed by atoms with Gasteiger partial charge >= 0.3 is 24.5 Å². The molecule has 2 aromatic rings. The van der Waals surface area contributed by atoms with Crippen LogP contribution in [-0.4, -0.2) is 59.4 Å². The van der Waals surface area contributed by atoms with Crippen LogP contribution in [0.15, 0.2) is 48.0 Å². The van der Waals surface area contributed by atoms with Gasteiger partial charge in [-0.05, 0) is 102 Å². The SMILES string of the molecule is COc1ccc(C2=CC(C(C)(C)C)N(C(=O)O)CC2)cc1C1=C(CN2C(=O)O[C@H](c3cc(C(F)(F)F)cc(C(F)(F)F)c3)[C@@H]2C)CC(C)(C)CC1. The predicted molar refractivity (Wildman–Crippen MR) is 180 cm³/mol. The van der Waals surface area contributed by atoms with Crippen molar-refractivity contribution in [1.29, 1.82) is 0 Å². The topological polar surface area (TPSA) is 79.3 Å². The summed E-state index contributed by atoms with van der Waals surface area (Å²) in [6.45, 7) is 12.1. The molecule has 1 unspecified atom stereocenters. The smallest absolute Gasteiger partial charge is 0.416 e. The molecule has 1 N–H and O–H groups in total. The molecule has 2 amide bonds. The fourth-order valence-corrected chi connectivity index (χ4v) is 7.46. The van der Waals surface area contributed by atoms with Crippen molar-refractivity contribution in [1.82, 2.24) is 9.80 Å². The Morgan fingerprint density at radius 1 is 1.00 bits per heavy atom. The van der Waals surface area contributed by atoms with Gasteiger partial charge in [-0.2, -0.15) is 26.3 Å². The van der Waals surface area contributed by atoms with Gasteiger partial charge in [-0.15, -0.1) is 0 Å². The molecule has 0 aromatic heterocycles. The van der Waals surface area contributed by atoms with Gasteiger partial charge in [0.25, 0.3) is 0 Å². The van der Waals surface area contributed by atoms with Gasteiger partial charge in [0.2, 0.25) is 0 Å². The molecule has 1 fully saturated rings. The molecular weight excluding hydrogens is 678 g/mol. The van der Waals surface area contributed by atoms with E-state index in [0.29, 0.717) is 43.7 Å². The lowest BCUT2D eigenvalue weighted by atomic mass is 9.72. The normalized spacial score (nSPS) is 23.0. The zero-order valence-corrected chi connectivity index (χ0v) is 29.8. The highest BCUT2D eigenvalue weighted by atomic mass is 19.4. The molecule has 5 rings (SSSR count). The van der Waals surface area contributed by atoms with Crippen LogP contribution in [0.4, 0.5) is 35.9 Å². The summed E-state index contributed by atoms with van der Waals surface area (Å²) in [6, 6.07) is 5.86. The fraction of sp³-hybridized carbons (Fsp3) is 0.526. The van der Waals surface area contributed by atoms with E-state index < -0.39 is 47.8 Å². The lowest BCUT2D eigenvalue weighted by molar-refractivity contribution is -0.143. The summed E-state index contributed by atoms with van der Waals surface area (Å²) in [4.78, 5) is 28.2. The number of amides is 2. The number of ether oxygens (including phenoxy) is 2. The Morgan fingerprint density at radius 2 is 1.63 bits per heavy atom. The number of carbonyl (C=O) groups is 2. The molecular formula is C38H44F6N2O5.